The van der Waals surface area contributed by atoms with Crippen LogP contribution in [0.2, 0.25) is 0 Å². The van der Waals surface area contributed by atoms with Crippen molar-refractivity contribution in [2.24, 2.45) is 5.41 Å². The van der Waals surface area contributed by atoms with Gasteiger partial charge in [0, 0.05) is 24.2 Å². The lowest BCUT2D eigenvalue weighted by Gasteiger charge is -2.44. The molecule has 3 rings (SSSR count). The maximum absolute atomic E-state index is 12.2. The third-order valence-electron chi connectivity index (χ3n) is 4.83. The lowest BCUT2D eigenvalue weighted by Crippen LogP contribution is -2.52. The summed E-state index contributed by atoms with van der Waals surface area (Å²) >= 11 is 0. The molecule has 0 atom stereocenters. The van der Waals surface area contributed by atoms with Gasteiger partial charge in [0.15, 0.2) is 0 Å². The van der Waals surface area contributed by atoms with Gasteiger partial charge in [-0.25, -0.2) is 9.78 Å². The number of nitrogens with one attached hydrogen (secondary N) is 2. The lowest BCUT2D eigenvalue weighted by atomic mass is 9.63. The molecule has 24 heavy (non-hydrogen) atoms. The van der Waals surface area contributed by atoms with Crippen molar-refractivity contribution >= 4 is 11.8 Å². The van der Waals surface area contributed by atoms with E-state index in [0.29, 0.717) is 5.82 Å². The highest BCUT2D eigenvalue weighted by molar-refractivity contribution is 5.88. The van der Waals surface area contributed by atoms with E-state index in [9.17, 15) is 4.79 Å². The molecule has 2 N–H and O–H groups in total. The Labute approximate surface area is 144 Å². The van der Waals surface area contributed by atoms with Crippen molar-refractivity contribution < 1.29 is 9.53 Å². The van der Waals surface area contributed by atoms with Gasteiger partial charge in [-0.1, -0.05) is 0 Å². The van der Waals surface area contributed by atoms with Crippen LogP contribution in [0.3, 0.4) is 0 Å². The number of urea groups is 1. The van der Waals surface area contributed by atoms with Crippen molar-refractivity contribution in [2.45, 2.75) is 51.3 Å². The molecule has 1 aliphatic heterocycles. The molecule has 1 saturated carbocycles. The molecule has 1 aromatic heterocycles. The average Bonchev–Trinajstić information content (AvgIpc) is 2.74. The van der Waals surface area contributed by atoms with Crippen LogP contribution in [0.4, 0.5) is 10.6 Å². The first kappa shape index (κ1) is 17.2. The Bertz CT molecular complexity index is 609. The third-order valence-corrected chi connectivity index (χ3v) is 4.83. The molecule has 2 fully saturated rings. The Morgan fingerprint density at radius 3 is 2.79 bits per heavy atom. The first-order chi connectivity index (χ1) is 11.3. The van der Waals surface area contributed by atoms with Gasteiger partial charge >= 0.3 is 6.03 Å². The molecule has 2 amide bonds. The Morgan fingerprint density at radius 1 is 1.42 bits per heavy atom. The van der Waals surface area contributed by atoms with Gasteiger partial charge in [0.05, 0.1) is 12.2 Å². The van der Waals surface area contributed by atoms with Crippen LogP contribution in [-0.4, -0.2) is 48.3 Å². The van der Waals surface area contributed by atoms with E-state index in [1.54, 1.807) is 6.20 Å². The predicted octanol–water partition coefficient (Wildman–Crippen LogP) is 2.61. The topological polar surface area (TPSA) is 66.5 Å². The first-order valence-electron chi connectivity index (χ1n) is 8.57. The van der Waals surface area contributed by atoms with Crippen LogP contribution in [-0.2, 0) is 11.3 Å². The third kappa shape index (κ3) is 4.05. The van der Waals surface area contributed by atoms with Gasteiger partial charge in [0.2, 0.25) is 0 Å². The van der Waals surface area contributed by atoms with Crippen LogP contribution in [0.1, 0.15) is 38.7 Å². The van der Waals surface area contributed by atoms with E-state index >= 15 is 0 Å². The number of nitrogens with zero attached hydrogens (tertiary/aromatic N) is 2. The summed E-state index contributed by atoms with van der Waals surface area (Å²) in [6.07, 6.45) is 4.80. The largest absolute Gasteiger partial charge is 0.375 e. The SMILES string of the molecule is CN(C)Cc1ccnc(NC(=O)NC2CC3(COC(C)(C)C3)C2)c1. The van der Waals surface area contributed by atoms with Crippen LogP contribution < -0.4 is 10.6 Å². The van der Waals surface area contributed by atoms with Gasteiger partial charge in [0.25, 0.3) is 0 Å². The normalized spacial score (nSPS) is 28.0. The Morgan fingerprint density at radius 2 is 2.17 bits per heavy atom. The molecule has 2 heterocycles. The maximum Gasteiger partial charge on any atom is 0.320 e. The maximum atomic E-state index is 12.2. The van der Waals surface area contributed by atoms with E-state index in [-0.39, 0.29) is 23.1 Å². The molecule has 6 heteroatoms. The van der Waals surface area contributed by atoms with Crippen molar-refractivity contribution in [1.29, 1.82) is 0 Å². The number of hydrogen-bond acceptors (Lipinski definition) is 4. The van der Waals surface area contributed by atoms with Crippen molar-refractivity contribution in [2.75, 3.05) is 26.0 Å². The second kappa shape index (κ2) is 6.33. The Balaban J connectivity index is 1.47. The lowest BCUT2D eigenvalue weighted by molar-refractivity contribution is 0.0190. The van der Waals surface area contributed by atoms with E-state index < -0.39 is 0 Å². The van der Waals surface area contributed by atoms with Gasteiger partial charge in [-0.15, -0.1) is 0 Å². The molecule has 2 aliphatic rings. The van der Waals surface area contributed by atoms with Crippen molar-refractivity contribution in [1.82, 2.24) is 15.2 Å². The molecular weight excluding hydrogens is 304 g/mol. The molecule has 0 unspecified atom stereocenters. The van der Waals surface area contributed by atoms with Gasteiger partial charge in [-0.05, 0) is 64.9 Å². The van der Waals surface area contributed by atoms with Crippen molar-refractivity contribution in [3.63, 3.8) is 0 Å². The predicted molar refractivity (Wildman–Crippen MR) is 93.9 cm³/mol. The number of carbonyl (C=O) groups excluding carboxylic acids is 1. The molecule has 1 aromatic rings. The Hall–Kier alpha value is -1.66. The molecule has 1 spiro atoms. The minimum Gasteiger partial charge on any atom is -0.375 e. The molecule has 6 nitrogen and oxygen atoms in total. The summed E-state index contributed by atoms with van der Waals surface area (Å²) < 4.78 is 5.85. The highest BCUT2D eigenvalue weighted by atomic mass is 16.5. The van der Waals surface area contributed by atoms with Crippen LogP contribution in [0.15, 0.2) is 18.3 Å². The van der Waals surface area contributed by atoms with Crippen LogP contribution in [0.5, 0.6) is 0 Å². The summed E-state index contributed by atoms with van der Waals surface area (Å²) in [6, 6.07) is 3.92. The molecule has 0 aromatic carbocycles. The Kier molecular flexibility index (Phi) is 4.53. The fourth-order valence-electron chi connectivity index (χ4n) is 4.05. The van der Waals surface area contributed by atoms with Crippen molar-refractivity contribution in [3.8, 4) is 0 Å². The van der Waals surface area contributed by atoms with Crippen molar-refractivity contribution in [3.05, 3.63) is 23.9 Å². The van der Waals surface area contributed by atoms with Gasteiger partial charge < -0.3 is 15.0 Å². The average molecular weight is 332 g/mol. The summed E-state index contributed by atoms with van der Waals surface area (Å²) in [7, 11) is 4.03. The molecule has 0 bridgehead atoms. The summed E-state index contributed by atoms with van der Waals surface area (Å²) in [4.78, 5) is 18.5. The molecule has 1 aliphatic carbocycles. The second-order valence-electron chi connectivity index (χ2n) is 8.22. The minimum atomic E-state index is -0.178. The van der Waals surface area contributed by atoms with Crippen LogP contribution in [0.25, 0.3) is 0 Å². The molecule has 1 saturated heterocycles. The van der Waals surface area contributed by atoms with E-state index in [4.69, 9.17) is 4.74 Å². The number of anilines is 1. The van der Waals surface area contributed by atoms with E-state index in [1.807, 2.05) is 26.2 Å². The fraction of sp³-hybridized carbons (Fsp3) is 0.667. The number of ether oxygens (including phenoxy) is 1. The molecular formula is C18H28N4O2. The summed E-state index contributed by atoms with van der Waals surface area (Å²) in [6.45, 7) is 5.91. The second-order valence-corrected chi connectivity index (χ2v) is 8.22. The standard InChI is InChI=1S/C18H28N4O2/c1-17(2)11-18(12-24-17)8-14(9-18)20-16(23)21-15-7-13(5-6-19-15)10-22(3)4/h5-7,14H,8-12H2,1-4H3,(H2,19,20,21,23). The highest BCUT2D eigenvalue weighted by Crippen LogP contribution is 2.52. The summed E-state index contributed by atoms with van der Waals surface area (Å²) in [5.74, 6) is 0.589. The molecule has 0 radical (unpaired) electrons. The summed E-state index contributed by atoms with van der Waals surface area (Å²) in [5, 5.41) is 5.89. The summed E-state index contributed by atoms with van der Waals surface area (Å²) in [5.41, 5.74) is 1.37. The zero-order valence-corrected chi connectivity index (χ0v) is 15.1. The highest BCUT2D eigenvalue weighted by Gasteiger charge is 2.52. The van der Waals surface area contributed by atoms with Crippen LogP contribution >= 0.6 is 0 Å². The number of carbonyl (C=O) groups is 1. The van der Waals surface area contributed by atoms with Gasteiger partial charge in [-0.3, -0.25) is 5.32 Å². The quantitative estimate of drug-likeness (QED) is 0.889. The number of pyridine rings is 1. The smallest absolute Gasteiger partial charge is 0.320 e. The van der Waals surface area contributed by atoms with E-state index in [0.717, 1.165) is 38.0 Å². The van der Waals surface area contributed by atoms with Gasteiger partial charge in [0.1, 0.15) is 5.82 Å². The monoisotopic (exact) mass is 332 g/mol. The molecule has 132 valence electrons. The first-order valence-corrected chi connectivity index (χ1v) is 8.57. The number of hydrogen-bond donors (Lipinski definition) is 2. The number of aromatic nitrogens is 1. The number of rotatable bonds is 4. The van der Waals surface area contributed by atoms with E-state index in [2.05, 4.69) is 34.4 Å². The number of amides is 2. The fourth-order valence-corrected chi connectivity index (χ4v) is 4.05. The zero-order valence-electron chi connectivity index (χ0n) is 15.1. The zero-order chi connectivity index (χ0) is 17.4. The van der Waals surface area contributed by atoms with Crippen LogP contribution in [0, 0.1) is 5.41 Å². The van der Waals surface area contributed by atoms with E-state index in [1.165, 1.54) is 0 Å². The van der Waals surface area contributed by atoms with Gasteiger partial charge in [-0.2, -0.15) is 0 Å². The minimum absolute atomic E-state index is 0.0238.